The van der Waals surface area contributed by atoms with Gasteiger partial charge in [-0.1, -0.05) is 136 Å². The molecule has 0 fully saturated rings. The van der Waals surface area contributed by atoms with Crippen molar-refractivity contribution in [1.82, 2.24) is 0 Å². The molecule has 0 aromatic heterocycles. The highest BCUT2D eigenvalue weighted by Gasteiger charge is 2.41. The highest BCUT2D eigenvalue weighted by Crippen LogP contribution is 2.21. The Labute approximate surface area is 202 Å². The van der Waals surface area contributed by atoms with Crippen LogP contribution in [0.3, 0.4) is 0 Å². The van der Waals surface area contributed by atoms with Crippen molar-refractivity contribution in [2.45, 2.75) is 26.2 Å². The van der Waals surface area contributed by atoms with Crippen LogP contribution in [0, 0.1) is 0 Å². The van der Waals surface area contributed by atoms with E-state index in [1.807, 2.05) is 0 Å². The average Bonchev–Trinajstić information content (AvgIpc) is 3.01. The van der Waals surface area contributed by atoms with Gasteiger partial charge in [0, 0.05) is 0 Å². The second-order valence-corrected chi connectivity index (χ2v) is 10.8. The summed E-state index contributed by atoms with van der Waals surface area (Å²) in [6.45, 7) is 4.80. The minimum Gasteiger partial charge on any atom is -0.0623 e. The standard InChI is InChI=1S/C28H28Si/c1-28(2,3)23-19-21-27(22-20-23)29(24-13-7-4-8-14-24,25-15-9-5-10-16-25)26-17-11-6-12-18-26/h4-22H,1-3H3/i4D,5D,6D,7D,8D,9D,10D,11D,12D,13D,14D,15D,16D,17D,18D,19D,20D,21D,22D. The largest absolute Gasteiger partial charge is 0.179 e. The summed E-state index contributed by atoms with van der Waals surface area (Å²) in [5.41, 5.74) is -1.15. The van der Waals surface area contributed by atoms with Crippen molar-refractivity contribution in [1.29, 1.82) is 0 Å². The van der Waals surface area contributed by atoms with Crippen LogP contribution in [0.2, 0.25) is 0 Å². The molecule has 144 valence electrons. The summed E-state index contributed by atoms with van der Waals surface area (Å²) < 4.78 is 167. The molecule has 29 heavy (non-hydrogen) atoms. The molecule has 0 saturated carbocycles. The van der Waals surface area contributed by atoms with Crippen molar-refractivity contribution in [2.75, 3.05) is 0 Å². The molecular formula is C28H28Si. The van der Waals surface area contributed by atoms with Gasteiger partial charge in [0.2, 0.25) is 0 Å². The molecule has 0 N–H and O–H groups in total. The quantitative estimate of drug-likeness (QED) is 0.346. The van der Waals surface area contributed by atoms with E-state index in [1.54, 1.807) is 20.8 Å². The summed E-state index contributed by atoms with van der Waals surface area (Å²) in [7, 11) is -5.77. The van der Waals surface area contributed by atoms with Gasteiger partial charge in [-0.2, -0.15) is 0 Å². The number of benzene rings is 4. The summed E-state index contributed by atoms with van der Waals surface area (Å²) in [6, 6.07) is -18.2. The Morgan fingerprint density at radius 3 is 1.10 bits per heavy atom. The van der Waals surface area contributed by atoms with Gasteiger partial charge < -0.3 is 0 Å². The van der Waals surface area contributed by atoms with E-state index in [-0.39, 0.29) is 5.56 Å². The smallest absolute Gasteiger partial charge is 0.0623 e. The maximum Gasteiger partial charge on any atom is 0.179 e. The molecule has 4 aromatic carbocycles. The summed E-state index contributed by atoms with van der Waals surface area (Å²) in [6.07, 6.45) is 0. The molecule has 0 bridgehead atoms. The first-order chi connectivity index (χ1) is 21.9. The molecule has 0 aliphatic carbocycles. The molecule has 0 unspecified atom stereocenters. The molecule has 4 rings (SSSR count). The second kappa shape index (κ2) is 7.85. The molecular weight excluding hydrogens is 364 g/mol. The molecule has 0 aliphatic rings. The third-order valence-electron chi connectivity index (χ3n) is 4.38. The van der Waals surface area contributed by atoms with Crippen LogP contribution in [0.1, 0.15) is 52.4 Å². The first-order valence-electron chi connectivity index (χ1n) is 18.2. The zero-order valence-corrected chi connectivity index (χ0v) is 17.0. The van der Waals surface area contributed by atoms with Gasteiger partial charge in [0.05, 0.1) is 26.0 Å². The van der Waals surface area contributed by atoms with Gasteiger partial charge in [-0.25, -0.2) is 0 Å². The molecule has 0 atom stereocenters. The maximum atomic E-state index is 9.31. The van der Waals surface area contributed by atoms with Gasteiger partial charge in [-0.15, -0.1) is 0 Å². The first-order valence-corrected chi connectivity index (χ1v) is 10.8. The zero-order valence-electron chi connectivity index (χ0n) is 35.0. The van der Waals surface area contributed by atoms with Gasteiger partial charge in [0.1, 0.15) is 0 Å². The fraction of sp³-hybridized carbons (Fsp3) is 0.143. The van der Waals surface area contributed by atoms with E-state index in [1.165, 1.54) is 0 Å². The van der Waals surface area contributed by atoms with Gasteiger partial charge >= 0.3 is 0 Å². The Kier molecular flexibility index (Phi) is 1.92. The normalized spacial score (nSPS) is 21.1. The Balaban J connectivity index is 2.70. The molecule has 0 heterocycles. The molecule has 1 heteroatoms. The fourth-order valence-corrected chi connectivity index (χ4v) is 6.44. The molecule has 0 radical (unpaired) electrons. The van der Waals surface area contributed by atoms with Crippen molar-refractivity contribution in [3.05, 3.63) is 120 Å². The van der Waals surface area contributed by atoms with Gasteiger partial charge in [0.15, 0.2) is 8.07 Å². The molecule has 0 aliphatic heterocycles. The van der Waals surface area contributed by atoms with Gasteiger partial charge in [0.25, 0.3) is 0 Å². The molecule has 0 nitrogen and oxygen atoms in total. The van der Waals surface area contributed by atoms with Crippen LogP contribution in [-0.4, -0.2) is 8.07 Å². The minimum absolute atomic E-state index is 0.118. The number of rotatable bonds is 4. The Bertz CT molecular complexity index is 1780. The van der Waals surface area contributed by atoms with Crippen LogP contribution < -0.4 is 20.7 Å². The predicted octanol–water partition coefficient (Wildman–Crippen LogP) is 4.36. The molecule has 0 amide bonds. The second-order valence-electron chi connectivity index (χ2n) is 7.25. The van der Waals surface area contributed by atoms with Crippen molar-refractivity contribution in [3.63, 3.8) is 0 Å². The Hall–Kier alpha value is -2.90. The topological polar surface area (TPSA) is 0 Å². The van der Waals surface area contributed by atoms with E-state index in [9.17, 15) is 2.74 Å². The molecule has 0 spiro atoms. The van der Waals surface area contributed by atoms with E-state index in [0.29, 0.717) is 0 Å². The highest BCUT2D eigenvalue weighted by molar-refractivity contribution is 7.19. The zero-order chi connectivity index (χ0) is 36.9. The number of hydrogen-bond acceptors (Lipinski definition) is 0. The van der Waals surface area contributed by atoms with Crippen LogP contribution in [0.4, 0.5) is 0 Å². The minimum atomic E-state index is -5.77. The first kappa shape index (κ1) is 7.11. The van der Waals surface area contributed by atoms with Crippen molar-refractivity contribution in [2.24, 2.45) is 0 Å². The van der Waals surface area contributed by atoms with Crippen molar-refractivity contribution < 1.29 is 26.0 Å². The summed E-state index contributed by atoms with van der Waals surface area (Å²) in [4.78, 5) is 0. The SMILES string of the molecule is [2H]c1c([2H])c([2H])c([Si](c2c([2H])c([2H])c([2H])c([2H])c2[2H])(c2c([2H])c([2H])c([2H])c([2H])c2[2H])c2c([2H])c([2H])c(C(C)(C)C)c([2H])c2[2H])c([2H])c1[2H]. The molecule has 0 saturated heterocycles. The van der Waals surface area contributed by atoms with Crippen LogP contribution >= 0.6 is 0 Å². The van der Waals surface area contributed by atoms with E-state index in [0.717, 1.165) is 0 Å². The lowest BCUT2D eigenvalue weighted by Crippen LogP contribution is -2.74. The van der Waals surface area contributed by atoms with Crippen molar-refractivity contribution in [3.8, 4) is 0 Å². The third-order valence-corrected chi connectivity index (χ3v) is 8.38. The van der Waals surface area contributed by atoms with Gasteiger partial charge in [-0.3, -0.25) is 0 Å². The predicted molar refractivity (Wildman–Crippen MR) is 129 cm³/mol. The van der Waals surface area contributed by atoms with E-state index < -0.39 is 149 Å². The van der Waals surface area contributed by atoms with Gasteiger partial charge in [-0.05, 0) is 31.7 Å². The maximum absolute atomic E-state index is 9.31. The average molecular weight is 412 g/mol. The summed E-state index contributed by atoms with van der Waals surface area (Å²) in [5, 5.41) is -3.46. The highest BCUT2D eigenvalue weighted by atomic mass is 28.3. The fourth-order valence-electron chi connectivity index (χ4n) is 2.94. The van der Waals surface area contributed by atoms with Crippen LogP contribution in [0.25, 0.3) is 0 Å². The summed E-state index contributed by atoms with van der Waals surface area (Å²) in [5.74, 6) is 0. The lowest BCUT2D eigenvalue weighted by molar-refractivity contribution is 0.590. The Morgan fingerprint density at radius 2 is 0.793 bits per heavy atom. The lowest BCUT2D eigenvalue weighted by Gasteiger charge is -2.34. The molecule has 4 aromatic rings. The monoisotopic (exact) mass is 411 g/mol. The third kappa shape index (κ3) is 3.59. The Morgan fingerprint density at radius 1 is 0.483 bits per heavy atom. The summed E-state index contributed by atoms with van der Waals surface area (Å²) >= 11 is 0. The van der Waals surface area contributed by atoms with Crippen LogP contribution in [-0.2, 0) is 5.41 Å². The van der Waals surface area contributed by atoms with Crippen LogP contribution in [0.15, 0.2) is 115 Å². The van der Waals surface area contributed by atoms with E-state index >= 15 is 0 Å². The lowest BCUT2D eigenvalue weighted by atomic mass is 9.87. The number of hydrogen-bond donors (Lipinski definition) is 0. The van der Waals surface area contributed by atoms with Crippen LogP contribution in [0.5, 0.6) is 0 Å². The van der Waals surface area contributed by atoms with Crippen molar-refractivity contribution >= 4 is 28.8 Å². The van der Waals surface area contributed by atoms with E-state index in [2.05, 4.69) is 0 Å². The van der Waals surface area contributed by atoms with E-state index in [4.69, 9.17) is 23.3 Å².